The van der Waals surface area contributed by atoms with Gasteiger partial charge < -0.3 is 14.7 Å². The largest absolute Gasteiger partial charge is 0.491 e. The lowest BCUT2D eigenvalue weighted by Gasteiger charge is -2.36. The van der Waals surface area contributed by atoms with E-state index in [-0.39, 0.29) is 6.61 Å². The summed E-state index contributed by atoms with van der Waals surface area (Å²) in [5.74, 6) is 1.66. The fourth-order valence-corrected chi connectivity index (χ4v) is 4.17. The molecular weight excluding hydrogens is 374 g/mol. The molecule has 0 saturated carbocycles. The summed E-state index contributed by atoms with van der Waals surface area (Å²) in [6.45, 7) is 4.27. The summed E-state index contributed by atoms with van der Waals surface area (Å²) in [6, 6.07) is 11.0. The molecule has 3 aromatic rings. The van der Waals surface area contributed by atoms with Crippen LogP contribution in [0.1, 0.15) is 5.56 Å². The Balaban J connectivity index is 1.26. The number of fused-ring (bicyclic) bond motifs is 1. The molecule has 2 aromatic heterocycles. The number of aromatic nitrogens is 2. The van der Waals surface area contributed by atoms with Crippen LogP contribution in [0.5, 0.6) is 5.75 Å². The van der Waals surface area contributed by atoms with Crippen LogP contribution in [-0.2, 0) is 0 Å². The van der Waals surface area contributed by atoms with Crippen LogP contribution in [0.4, 0.5) is 5.82 Å². The number of aliphatic hydroxyl groups excluding tert-OH is 1. The van der Waals surface area contributed by atoms with E-state index in [1.807, 2.05) is 11.4 Å². The number of anilines is 1. The van der Waals surface area contributed by atoms with Gasteiger partial charge in [0.2, 0.25) is 0 Å². The Hall–Kier alpha value is -2.73. The van der Waals surface area contributed by atoms with Crippen LogP contribution in [0.2, 0.25) is 0 Å². The van der Waals surface area contributed by atoms with Crippen LogP contribution < -0.4 is 9.64 Å². The lowest BCUT2D eigenvalue weighted by Crippen LogP contribution is -2.49. The van der Waals surface area contributed by atoms with Gasteiger partial charge in [-0.2, -0.15) is 5.26 Å². The van der Waals surface area contributed by atoms with Crippen molar-refractivity contribution in [2.45, 2.75) is 6.10 Å². The molecule has 1 atom stereocenters. The SMILES string of the molecule is N#Cc1ccc(OCC(O)CN2CCN(c3ncnc4ccsc34)CC2)cc1. The van der Waals surface area contributed by atoms with Gasteiger partial charge in [0, 0.05) is 32.7 Å². The maximum absolute atomic E-state index is 10.3. The van der Waals surface area contributed by atoms with Crippen molar-refractivity contribution in [3.63, 3.8) is 0 Å². The maximum Gasteiger partial charge on any atom is 0.150 e. The zero-order chi connectivity index (χ0) is 19.3. The highest BCUT2D eigenvalue weighted by molar-refractivity contribution is 7.17. The van der Waals surface area contributed by atoms with Crippen LogP contribution in [0.25, 0.3) is 10.2 Å². The lowest BCUT2D eigenvalue weighted by atomic mass is 10.2. The number of thiophene rings is 1. The first-order chi connectivity index (χ1) is 13.7. The lowest BCUT2D eigenvalue weighted by molar-refractivity contribution is 0.0663. The van der Waals surface area contributed by atoms with Gasteiger partial charge in [-0.3, -0.25) is 4.90 Å². The molecule has 0 aliphatic carbocycles. The van der Waals surface area contributed by atoms with Crippen LogP contribution in [0.3, 0.4) is 0 Å². The minimum Gasteiger partial charge on any atom is -0.491 e. The Labute approximate surface area is 167 Å². The molecular formula is C20H21N5O2S. The van der Waals surface area contributed by atoms with Crippen LogP contribution in [0, 0.1) is 11.3 Å². The van der Waals surface area contributed by atoms with Gasteiger partial charge in [-0.05, 0) is 35.7 Å². The molecule has 0 amide bonds. The molecule has 1 aliphatic heterocycles. The number of hydrogen-bond acceptors (Lipinski definition) is 8. The van der Waals surface area contributed by atoms with Gasteiger partial charge in [-0.25, -0.2) is 9.97 Å². The number of ether oxygens (including phenoxy) is 1. The molecule has 1 aromatic carbocycles. The number of β-amino-alcohol motifs (C(OH)–C–C–N with tert-alkyl or cyclic N) is 1. The summed E-state index contributed by atoms with van der Waals surface area (Å²) in [4.78, 5) is 13.3. The van der Waals surface area contributed by atoms with Crippen molar-refractivity contribution in [3.8, 4) is 11.8 Å². The van der Waals surface area contributed by atoms with Gasteiger partial charge in [0.15, 0.2) is 0 Å². The number of nitriles is 1. The zero-order valence-electron chi connectivity index (χ0n) is 15.4. The Morgan fingerprint density at radius 1 is 1.14 bits per heavy atom. The summed E-state index contributed by atoms with van der Waals surface area (Å²) in [5.41, 5.74) is 1.59. The molecule has 0 bridgehead atoms. The quantitative estimate of drug-likeness (QED) is 0.684. The summed E-state index contributed by atoms with van der Waals surface area (Å²) < 4.78 is 6.76. The monoisotopic (exact) mass is 395 g/mol. The number of aliphatic hydroxyl groups is 1. The smallest absolute Gasteiger partial charge is 0.150 e. The Morgan fingerprint density at radius 3 is 2.68 bits per heavy atom. The van der Waals surface area contributed by atoms with Gasteiger partial charge >= 0.3 is 0 Å². The Morgan fingerprint density at radius 2 is 1.93 bits per heavy atom. The van der Waals surface area contributed by atoms with Gasteiger partial charge in [0.25, 0.3) is 0 Å². The summed E-state index contributed by atoms with van der Waals surface area (Å²) in [5, 5.41) is 21.2. The summed E-state index contributed by atoms with van der Waals surface area (Å²) >= 11 is 1.67. The summed E-state index contributed by atoms with van der Waals surface area (Å²) in [6.07, 6.45) is 1.06. The first-order valence-corrected chi connectivity index (χ1v) is 10.1. The topological polar surface area (TPSA) is 85.5 Å². The van der Waals surface area contributed by atoms with E-state index in [9.17, 15) is 5.11 Å². The van der Waals surface area contributed by atoms with Crippen molar-refractivity contribution in [1.82, 2.24) is 14.9 Å². The molecule has 1 N–H and O–H groups in total. The van der Waals surface area contributed by atoms with E-state index in [1.54, 1.807) is 41.9 Å². The minimum absolute atomic E-state index is 0.230. The second-order valence-electron chi connectivity index (χ2n) is 6.72. The fourth-order valence-electron chi connectivity index (χ4n) is 3.31. The molecule has 1 unspecified atom stereocenters. The molecule has 0 radical (unpaired) electrons. The second kappa shape index (κ2) is 8.52. The number of hydrogen-bond donors (Lipinski definition) is 1. The third-order valence-electron chi connectivity index (χ3n) is 4.79. The highest BCUT2D eigenvalue weighted by Gasteiger charge is 2.22. The third-order valence-corrected chi connectivity index (χ3v) is 5.69. The van der Waals surface area contributed by atoms with Crippen molar-refractivity contribution in [3.05, 3.63) is 47.6 Å². The van der Waals surface area contributed by atoms with Gasteiger partial charge in [-0.15, -0.1) is 11.3 Å². The molecule has 4 rings (SSSR count). The van der Waals surface area contributed by atoms with Crippen LogP contribution in [0.15, 0.2) is 42.0 Å². The first-order valence-electron chi connectivity index (χ1n) is 9.19. The second-order valence-corrected chi connectivity index (χ2v) is 7.64. The molecule has 1 saturated heterocycles. The highest BCUT2D eigenvalue weighted by Crippen LogP contribution is 2.28. The standard InChI is InChI=1S/C20H21N5O2S/c21-11-15-1-3-17(4-2-15)27-13-16(26)12-24-6-8-25(9-7-24)20-19-18(5-10-28-19)22-14-23-20/h1-5,10,14,16,26H,6-9,12-13H2. The van der Waals surface area contributed by atoms with Crippen LogP contribution >= 0.6 is 11.3 Å². The van der Waals surface area contributed by atoms with E-state index in [0.29, 0.717) is 17.9 Å². The van der Waals surface area contributed by atoms with E-state index < -0.39 is 6.10 Å². The highest BCUT2D eigenvalue weighted by atomic mass is 32.1. The molecule has 3 heterocycles. The van der Waals surface area contributed by atoms with Crippen molar-refractivity contribution in [1.29, 1.82) is 5.26 Å². The number of piperazine rings is 1. The molecule has 0 spiro atoms. The number of rotatable bonds is 6. The van der Waals surface area contributed by atoms with Crippen molar-refractivity contribution >= 4 is 27.4 Å². The first kappa shape index (κ1) is 18.6. The average Bonchev–Trinajstić information content (AvgIpc) is 3.22. The molecule has 8 heteroatoms. The van der Waals surface area contributed by atoms with Gasteiger partial charge in [0.1, 0.15) is 30.6 Å². The molecule has 144 valence electrons. The predicted molar refractivity (Wildman–Crippen MR) is 109 cm³/mol. The molecule has 28 heavy (non-hydrogen) atoms. The fraction of sp³-hybridized carbons (Fsp3) is 0.350. The van der Waals surface area contributed by atoms with Gasteiger partial charge in [-0.1, -0.05) is 0 Å². The molecule has 1 aliphatic rings. The van der Waals surface area contributed by atoms with Crippen LogP contribution in [-0.4, -0.2) is 65.4 Å². The predicted octanol–water partition coefficient (Wildman–Crippen LogP) is 2.12. The number of benzene rings is 1. The summed E-state index contributed by atoms with van der Waals surface area (Å²) in [7, 11) is 0. The number of nitrogens with zero attached hydrogens (tertiary/aromatic N) is 5. The van der Waals surface area contributed by atoms with Gasteiger partial charge in [0.05, 0.1) is 21.8 Å². The minimum atomic E-state index is -0.565. The van der Waals surface area contributed by atoms with E-state index in [0.717, 1.165) is 42.2 Å². The third kappa shape index (κ3) is 4.22. The normalized spacial score (nSPS) is 16.1. The molecule has 1 fully saturated rings. The van der Waals surface area contributed by atoms with Crippen molar-refractivity contribution < 1.29 is 9.84 Å². The van der Waals surface area contributed by atoms with E-state index >= 15 is 0 Å². The van der Waals surface area contributed by atoms with Crippen molar-refractivity contribution in [2.75, 3.05) is 44.2 Å². The van der Waals surface area contributed by atoms with E-state index in [1.165, 1.54) is 0 Å². The van der Waals surface area contributed by atoms with E-state index in [2.05, 4.69) is 25.8 Å². The Bertz CT molecular complexity index is 961. The Kier molecular flexibility index (Phi) is 5.67. The zero-order valence-corrected chi connectivity index (χ0v) is 16.2. The maximum atomic E-state index is 10.3. The van der Waals surface area contributed by atoms with E-state index in [4.69, 9.17) is 10.00 Å². The van der Waals surface area contributed by atoms with Crippen molar-refractivity contribution in [2.24, 2.45) is 0 Å². The molecule has 7 nitrogen and oxygen atoms in total. The average molecular weight is 395 g/mol.